The summed E-state index contributed by atoms with van der Waals surface area (Å²) in [4.78, 5) is 26.5. The molecule has 2 N–H and O–H groups in total. The third-order valence-electron chi connectivity index (χ3n) is 2.76. The monoisotopic (exact) mass is 282 g/mol. The number of hydrogen-bond donors (Lipinski definition) is 2. The predicted molar refractivity (Wildman–Crippen MR) is 80.0 cm³/mol. The third-order valence-corrected chi connectivity index (χ3v) is 2.76. The van der Waals surface area contributed by atoms with Gasteiger partial charge in [0.05, 0.1) is 5.56 Å². The van der Waals surface area contributed by atoms with E-state index in [0.29, 0.717) is 11.3 Å². The lowest BCUT2D eigenvalue weighted by atomic mass is 10.2. The molecule has 0 atom stereocenters. The van der Waals surface area contributed by atoms with Gasteiger partial charge in [0.15, 0.2) is 0 Å². The summed E-state index contributed by atoms with van der Waals surface area (Å²) in [5.74, 6) is -1.24. The first-order chi connectivity index (χ1) is 10.0. The molecule has 21 heavy (non-hydrogen) atoms. The summed E-state index contributed by atoms with van der Waals surface area (Å²) in [5.41, 5.74) is 2.71. The van der Waals surface area contributed by atoms with E-state index in [0.717, 1.165) is 17.3 Å². The molecule has 2 rings (SSSR count). The van der Waals surface area contributed by atoms with E-state index in [2.05, 4.69) is 10.3 Å². The first kappa shape index (κ1) is 14.5. The first-order valence-corrected chi connectivity index (χ1v) is 6.30. The van der Waals surface area contributed by atoms with Gasteiger partial charge in [-0.3, -0.25) is 9.78 Å². The van der Waals surface area contributed by atoms with Crippen molar-refractivity contribution in [1.29, 1.82) is 0 Å². The number of carbonyl (C=O) groups excluding carboxylic acids is 1. The molecule has 0 saturated heterocycles. The SMILES string of the molecule is Cc1ccc(C(=O)Nc2ccc(/C=C/C(=O)O)cc2)cn1. The minimum absolute atomic E-state index is 0.240. The maximum Gasteiger partial charge on any atom is 0.328 e. The van der Waals surface area contributed by atoms with Crippen LogP contribution >= 0.6 is 0 Å². The fraction of sp³-hybridized carbons (Fsp3) is 0.0625. The van der Waals surface area contributed by atoms with E-state index in [9.17, 15) is 9.59 Å². The molecule has 1 aromatic carbocycles. The summed E-state index contributed by atoms with van der Waals surface area (Å²) >= 11 is 0. The van der Waals surface area contributed by atoms with Gasteiger partial charge in [0, 0.05) is 23.7 Å². The van der Waals surface area contributed by atoms with Crippen molar-refractivity contribution < 1.29 is 14.7 Å². The van der Waals surface area contributed by atoms with Crippen molar-refractivity contribution in [3.05, 3.63) is 65.5 Å². The molecule has 1 amide bonds. The summed E-state index contributed by atoms with van der Waals surface area (Å²) in [6, 6.07) is 10.4. The Morgan fingerprint density at radius 2 is 1.86 bits per heavy atom. The van der Waals surface area contributed by atoms with Gasteiger partial charge < -0.3 is 10.4 Å². The van der Waals surface area contributed by atoms with Crippen LogP contribution in [-0.2, 0) is 4.79 Å². The number of pyridine rings is 1. The van der Waals surface area contributed by atoms with Crippen molar-refractivity contribution in [2.24, 2.45) is 0 Å². The molecule has 0 unspecified atom stereocenters. The van der Waals surface area contributed by atoms with Gasteiger partial charge in [-0.05, 0) is 42.8 Å². The highest BCUT2D eigenvalue weighted by molar-refractivity contribution is 6.04. The Hall–Kier alpha value is -2.95. The van der Waals surface area contributed by atoms with Crippen molar-refractivity contribution >= 4 is 23.6 Å². The Balaban J connectivity index is 2.04. The van der Waals surface area contributed by atoms with Gasteiger partial charge in [-0.1, -0.05) is 12.1 Å². The van der Waals surface area contributed by atoms with Crippen LogP contribution in [0.5, 0.6) is 0 Å². The summed E-state index contributed by atoms with van der Waals surface area (Å²) in [5, 5.41) is 11.3. The molecule has 0 aliphatic heterocycles. The average Bonchev–Trinajstić information content (AvgIpc) is 2.47. The van der Waals surface area contributed by atoms with E-state index in [1.165, 1.54) is 12.3 Å². The summed E-state index contributed by atoms with van der Waals surface area (Å²) < 4.78 is 0. The fourth-order valence-corrected chi connectivity index (χ4v) is 1.65. The van der Waals surface area contributed by atoms with Crippen LogP contribution in [-0.4, -0.2) is 22.0 Å². The molecule has 106 valence electrons. The number of amides is 1. The molecular weight excluding hydrogens is 268 g/mol. The number of nitrogens with one attached hydrogen (secondary N) is 1. The van der Waals surface area contributed by atoms with Gasteiger partial charge in [0.25, 0.3) is 5.91 Å². The number of carboxylic acid groups (broad SMARTS) is 1. The van der Waals surface area contributed by atoms with Crippen LogP contribution in [0, 0.1) is 6.92 Å². The second-order valence-corrected chi connectivity index (χ2v) is 4.44. The minimum atomic E-state index is -1.00. The van der Waals surface area contributed by atoms with Crippen molar-refractivity contribution in [1.82, 2.24) is 4.98 Å². The van der Waals surface area contributed by atoms with Crippen molar-refractivity contribution in [3.8, 4) is 0 Å². The number of aryl methyl sites for hydroxylation is 1. The number of aromatic nitrogens is 1. The molecule has 0 fully saturated rings. The summed E-state index contributed by atoms with van der Waals surface area (Å²) in [6.07, 6.45) is 4.07. The lowest BCUT2D eigenvalue weighted by molar-refractivity contribution is -0.131. The molecule has 5 heteroatoms. The highest BCUT2D eigenvalue weighted by atomic mass is 16.4. The smallest absolute Gasteiger partial charge is 0.328 e. The van der Waals surface area contributed by atoms with E-state index < -0.39 is 5.97 Å². The van der Waals surface area contributed by atoms with Gasteiger partial charge in [-0.2, -0.15) is 0 Å². The number of aliphatic carboxylic acids is 1. The quantitative estimate of drug-likeness (QED) is 0.845. The molecule has 0 spiro atoms. The van der Waals surface area contributed by atoms with Crippen LogP contribution in [0.15, 0.2) is 48.7 Å². The molecular formula is C16H14N2O3. The van der Waals surface area contributed by atoms with E-state index in [4.69, 9.17) is 5.11 Å². The van der Waals surface area contributed by atoms with Gasteiger partial charge in [-0.25, -0.2) is 4.79 Å². The highest BCUT2D eigenvalue weighted by Gasteiger charge is 2.05. The number of carboxylic acids is 1. The lowest BCUT2D eigenvalue weighted by Gasteiger charge is -2.05. The Bertz CT molecular complexity index is 674. The van der Waals surface area contributed by atoms with Gasteiger partial charge in [0.2, 0.25) is 0 Å². The molecule has 1 aromatic heterocycles. The highest BCUT2D eigenvalue weighted by Crippen LogP contribution is 2.12. The van der Waals surface area contributed by atoms with Crippen molar-refractivity contribution in [3.63, 3.8) is 0 Å². The molecule has 0 bridgehead atoms. The van der Waals surface area contributed by atoms with Crippen LogP contribution in [0.25, 0.3) is 6.08 Å². The van der Waals surface area contributed by atoms with Gasteiger partial charge in [-0.15, -0.1) is 0 Å². The maximum absolute atomic E-state index is 12.0. The minimum Gasteiger partial charge on any atom is -0.478 e. The van der Waals surface area contributed by atoms with Crippen LogP contribution < -0.4 is 5.32 Å². The second kappa shape index (κ2) is 6.47. The Labute approximate surface area is 122 Å². The van der Waals surface area contributed by atoms with Crippen LogP contribution in [0.3, 0.4) is 0 Å². The van der Waals surface area contributed by atoms with Gasteiger partial charge in [0.1, 0.15) is 0 Å². The summed E-state index contributed by atoms with van der Waals surface area (Å²) in [7, 11) is 0. The maximum atomic E-state index is 12.0. The number of benzene rings is 1. The lowest BCUT2D eigenvalue weighted by Crippen LogP contribution is -2.12. The molecule has 0 aliphatic rings. The zero-order chi connectivity index (χ0) is 15.2. The fourth-order valence-electron chi connectivity index (χ4n) is 1.65. The zero-order valence-corrected chi connectivity index (χ0v) is 11.4. The standard InChI is InChI=1S/C16H14N2O3/c1-11-2-6-13(10-17-11)16(21)18-14-7-3-12(4-8-14)5-9-15(19)20/h2-10H,1H3,(H,18,21)(H,19,20)/b9-5+. The topological polar surface area (TPSA) is 79.3 Å². The number of hydrogen-bond acceptors (Lipinski definition) is 3. The largest absolute Gasteiger partial charge is 0.478 e. The third kappa shape index (κ3) is 4.28. The van der Waals surface area contributed by atoms with Crippen LogP contribution in [0.2, 0.25) is 0 Å². The van der Waals surface area contributed by atoms with Crippen molar-refractivity contribution in [2.75, 3.05) is 5.32 Å². The molecule has 5 nitrogen and oxygen atoms in total. The summed E-state index contributed by atoms with van der Waals surface area (Å²) in [6.45, 7) is 1.85. The van der Waals surface area contributed by atoms with Crippen LogP contribution in [0.4, 0.5) is 5.69 Å². The van der Waals surface area contributed by atoms with Crippen LogP contribution in [0.1, 0.15) is 21.6 Å². The Morgan fingerprint density at radius 3 is 2.43 bits per heavy atom. The predicted octanol–water partition coefficient (Wildman–Crippen LogP) is 2.74. The Kier molecular flexibility index (Phi) is 4.46. The number of anilines is 1. The number of nitrogens with zero attached hydrogens (tertiary/aromatic N) is 1. The zero-order valence-electron chi connectivity index (χ0n) is 11.4. The van der Waals surface area contributed by atoms with E-state index in [-0.39, 0.29) is 5.91 Å². The molecule has 0 radical (unpaired) electrons. The average molecular weight is 282 g/mol. The van der Waals surface area contributed by atoms with Gasteiger partial charge >= 0.3 is 5.97 Å². The normalized spacial score (nSPS) is 10.5. The molecule has 0 saturated carbocycles. The Morgan fingerprint density at radius 1 is 1.14 bits per heavy atom. The molecule has 2 aromatic rings. The number of carbonyl (C=O) groups is 2. The van der Waals surface area contributed by atoms with E-state index in [1.54, 1.807) is 36.4 Å². The number of rotatable bonds is 4. The second-order valence-electron chi connectivity index (χ2n) is 4.44. The van der Waals surface area contributed by atoms with Crippen molar-refractivity contribution in [2.45, 2.75) is 6.92 Å². The van der Waals surface area contributed by atoms with E-state index in [1.807, 2.05) is 6.92 Å². The molecule has 0 aliphatic carbocycles. The molecule has 1 heterocycles. The first-order valence-electron chi connectivity index (χ1n) is 6.30. The van der Waals surface area contributed by atoms with E-state index >= 15 is 0 Å².